The molecule has 1 aliphatic carbocycles. The van der Waals surface area contributed by atoms with E-state index >= 15 is 0 Å². The van der Waals surface area contributed by atoms with Crippen LogP contribution in [0.15, 0.2) is 42.6 Å². The molecule has 0 bridgehead atoms. The van der Waals surface area contributed by atoms with Crippen molar-refractivity contribution in [2.24, 2.45) is 5.41 Å². The number of aryl methyl sites for hydroxylation is 2. The molecule has 2 aromatic heterocycles. The molecule has 6 heteroatoms. The van der Waals surface area contributed by atoms with Crippen molar-refractivity contribution in [1.82, 2.24) is 15.0 Å². The summed E-state index contributed by atoms with van der Waals surface area (Å²) >= 11 is 0. The van der Waals surface area contributed by atoms with E-state index in [1.807, 2.05) is 7.11 Å². The average Bonchev–Trinajstić information content (AvgIpc) is 3.74. The Balaban J connectivity index is 1.33. The van der Waals surface area contributed by atoms with Gasteiger partial charge in [0.1, 0.15) is 5.82 Å². The fraction of sp³-hybridized carbons (Fsp3) is 0.471. The van der Waals surface area contributed by atoms with Gasteiger partial charge < -0.3 is 19.5 Å². The van der Waals surface area contributed by atoms with Gasteiger partial charge in [-0.15, -0.1) is 0 Å². The van der Waals surface area contributed by atoms with E-state index in [9.17, 15) is 0 Å². The summed E-state index contributed by atoms with van der Waals surface area (Å²) in [5.41, 5.74) is 10.2. The Kier molecular flexibility index (Phi) is 6.15. The molecule has 1 saturated heterocycles. The highest BCUT2D eigenvalue weighted by atomic mass is 16.5. The van der Waals surface area contributed by atoms with Crippen molar-refractivity contribution in [3.8, 4) is 11.4 Å². The molecule has 7 rings (SSSR count). The molecular formula is C34H41N5O. The number of ether oxygens (including phenoxy) is 1. The predicted octanol–water partition coefficient (Wildman–Crippen LogP) is 6.93. The van der Waals surface area contributed by atoms with E-state index in [4.69, 9.17) is 14.7 Å². The average molecular weight is 536 g/mol. The first kappa shape index (κ1) is 25.6. The van der Waals surface area contributed by atoms with Crippen LogP contribution in [0.3, 0.4) is 0 Å². The van der Waals surface area contributed by atoms with E-state index in [0.717, 1.165) is 67.7 Å². The molecule has 2 fully saturated rings. The van der Waals surface area contributed by atoms with Gasteiger partial charge in [-0.05, 0) is 67.9 Å². The highest BCUT2D eigenvalue weighted by Crippen LogP contribution is 2.43. The van der Waals surface area contributed by atoms with Crippen LogP contribution in [0.1, 0.15) is 67.0 Å². The Hall–Kier alpha value is -3.38. The zero-order valence-corrected chi connectivity index (χ0v) is 24.6. The summed E-state index contributed by atoms with van der Waals surface area (Å²) in [6.45, 7) is 12.7. The number of fused-ring (bicyclic) bond motifs is 2. The lowest BCUT2D eigenvalue weighted by molar-refractivity contribution is -0.00647. The van der Waals surface area contributed by atoms with Gasteiger partial charge in [-0.1, -0.05) is 38.1 Å². The Bertz CT molecular complexity index is 1580. The topological polar surface area (TPSA) is 57.3 Å². The minimum Gasteiger partial charge on any atom is -0.381 e. The summed E-state index contributed by atoms with van der Waals surface area (Å²) in [5.74, 6) is 2.70. The summed E-state index contributed by atoms with van der Waals surface area (Å²) in [7, 11) is 1.85. The predicted molar refractivity (Wildman–Crippen MR) is 163 cm³/mol. The molecule has 2 aromatic carbocycles. The number of benzene rings is 2. The molecular weight excluding hydrogens is 494 g/mol. The van der Waals surface area contributed by atoms with E-state index in [1.54, 1.807) is 0 Å². The molecule has 0 radical (unpaired) electrons. The molecule has 4 aromatic rings. The smallest absolute Gasteiger partial charge is 0.162 e. The van der Waals surface area contributed by atoms with E-state index in [0.29, 0.717) is 0 Å². The summed E-state index contributed by atoms with van der Waals surface area (Å²) in [6, 6.07) is 13.5. The number of rotatable bonds is 5. The first-order valence-electron chi connectivity index (χ1n) is 14.9. The molecule has 4 heterocycles. The van der Waals surface area contributed by atoms with Crippen LogP contribution >= 0.6 is 0 Å². The van der Waals surface area contributed by atoms with Crippen molar-refractivity contribution in [3.63, 3.8) is 0 Å². The van der Waals surface area contributed by atoms with Crippen molar-refractivity contribution in [3.05, 3.63) is 70.5 Å². The molecule has 1 N–H and O–H groups in total. The number of hydrogen-bond acceptors (Lipinski definition) is 5. The highest BCUT2D eigenvalue weighted by Gasteiger charge is 2.38. The SMILES string of the molecule is COC1CCN(c2nc(-c3cccc4[nH]cc(C)c34)nc3c2CN(c2cc(C4CC4)ccc2C)CC3)CC1(C)C. The van der Waals surface area contributed by atoms with Crippen LogP contribution in [-0.4, -0.2) is 47.8 Å². The highest BCUT2D eigenvalue weighted by molar-refractivity contribution is 5.96. The normalized spacial score (nSPS) is 20.7. The minimum absolute atomic E-state index is 0.0335. The molecule has 0 spiro atoms. The summed E-state index contributed by atoms with van der Waals surface area (Å²) in [5, 5.41) is 1.22. The number of aromatic amines is 1. The van der Waals surface area contributed by atoms with Crippen molar-refractivity contribution in [1.29, 1.82) is 0 Å². The van der Waals surface area contributed by atoms with Gasteiger partial charge in [-0.3, -0.25) is 0 Å². The Morgan fingerprint density at radius 2 is 1.82 bits per heavy atom. The van der Waals surface area contributed by atoms with Gasteiger partial charge in [-0.25, -0.2) is 9.97 Å². The van der Waals surface area contributed by atoms with Crippen molar-refractivity contribution in [2.75, 3.05) is 36.5 Å². The monoisotopic (exact) mass is 535 g/mol. The van der Waals surface area contributed by atoms with E-state index in [1.165, 1.54) is 51.9 Å². The van der Waals surface area contributed by atoms with Crippen LogP contribution in [0.5, 0.6) is 0 Å². The molecule has 1 saturated carbocycles. The van der Waals surface area contributed by atoms with Gasteiger partial charge in [0.2, 0.25) is 0 Å². The lowest BCUT2D eigenvalue weighted by atomic mass is 9.81. The van der Waals surface area contributed by atoms with Crippen LogP contribution in [0, 0.1) is 19.3 Å². The van der Waals surface area contributed by atoms with Gasteiger partial charge >= 0.3 is 0 Å². The lowest BCUT2D eigenvalue weighted by Crippen LogP contribution is -2.50. The Morgan fingerprint density at radius 1 is 0.975 bits per heavy atom. The number of nitrogens with zero attached hydrogens (tertiary/aromatic N) is 4. The third-order valence-corrected chi connectivity index (χ3v) is 9.52. The van der Waals surface area contributed by atoms with Crippen molar-refractivity contribution < 1.29 is 4.74 Å². The second-order valence-corrected chi connectivity index (χ2v) is 12.9. The van der Waals surface area contributed by atoms with Crippen molar-refractivity contribution >= 4 is 22.4 Å². The number of piperidine rings is 1. The van der Waals surface area contributed by atoms with Crippen LogP contribution in [0.2, 0.25) is 0 Å². The number of H-pyrrole nitrogens is 1. The molecule has 1 atom stereocenters. The van der Waals surface area contributed by atoms with Crippen LogP contribution in [0.25, 0.3) is 22.3 Å². The fourth-order valence-corrected chi connectivity index (χ4v) is 7.12. The van der Waals surface area contributed by atoms with Gasteiger partial charge in [0, 0.05) is 79.0 Å². The van der Waals surface area contributed by atoms with E-state index in [2.05, 4.69) is 85.1 Å². The summed E-state index contributed by atoms with van der Waals surface area (Å²) in [4.78, 5) is 19.2. The first-order chi connectivity index (χ1) is 19.3. The second-order valence-electron chi connectivity index (χ2n) is 12.9. The van der Waals surface area contributed by atoms with Gasteiger partial charge in [0.15, 0.2) is 5.82 Å². The van der Waals surface area contributed by atoms with Gasteiger partial charge in [-0.2, -0.15) is 0 Å². The van der Waals surface area contributed by atoms with Crippen molar-refractivity contribution in [2.45, 2.75) is 71.9 Å². The fourth-order valence-electron chi connectivity index (χ4n) is 7.12. The summed E-state index contributed by atoms with van der Waals surface area (Å²) in [6.07, 6.45) is 6.91. The zero-order chi connectivity index (χ0) is 27.6. The molecule has 1 unspecified atom stereocenters. The van der Waals surface area contributed by atoms with Crippen LogP contribution < -0.4 is 9.80 Å². The minimum atomic E-state index is 0.0335. The third kappa shape index (κ3) is 4.37. The molecule has 3 aliphatic rings. The van der Waals surface area contributed by atoms with Crippen LogP contribution in [0.4, 0.5) is 11.5 Å². The third-order valence-electron chi connectivity index (χ3n) is 9.52. The second kappa shape index (κ2) is 9.62. The zero-order valence-electron chi connectivity index (χ0n) is 24.6. The number of nitrogens with one attached hydrogen (secondary N) is 1. The molecule has 2 aliphatic heterocycles. The van der Waals surface area contributed by atoms with E-state index < -0.39 is 0 Å². The first-order valence-corrected chi connectivity index (χ1v) is 14.9. The summed E-state index contributed by atoms with van der Waals surface area (Å²) < 4.78 is 5.90. The lowest BCUT2D eigenvalue weighted by Gasteiger charge is -2.45. The Morgan fingerprint density at radius 3 is 2.60 bits per heavy atom. The maximum absolute atomic E-state index is 5.90. The number of anilines is 2. The standard InChI is InChI=1S/C34H41N5O/c1-21-9-10-24(23-11-12-23)17-29(21)38-15-13-27-26(19-38)33(39-16-14-30(40-5)34(3,4)20-39)37-32(36-27)25-7-6-8-28-31(25)22(2)18-35-28/h6-10,17-18,23,30,35H,11-16,19-20H2,1-5H3. The quantitative estimate of drug-likeness (QED) is 0.300. The van der Waals surface area contributed by atoms with Crippen LogP contribution in [-0.2, 0) is 17.7 Å². The molecule has 6 nitrogen and oxygen atoms in total. The molecule has 40 heavy (non-hydrogen) atoms. The largest absolute Gasteiger partial charge is 0.381 e. The maximum atomic E-state index is 5.90. The van der Waals surface area contributed by atoms with E-state index in [-0.39, 0.29) is 11.5 Å². The van der Waals surface area contributed by atoms with Gasteiger partial charge in [0.05, 0.1) is 11.8 Å². The van der Waals surface area contributed by atoms with Gasteiger partial charge in [0.25, 0.3) is 0 Å². The number of aromatic nitrogens is 3. The number of methoxy groups -OCH3 is 1. The molecule has 0 amide bonds. The molecule has 208 valence electrons. The Labute approximate surface area is 237 Å². The number of hydrogen-bond donors (Lipinski definition) is 1. The maximum Gasteiger partial charge on any atom is 0.162 e.